The minimum atomic E-state index is -0.292. The first-order chi connectivity index (χ1) is 5.74. The summed E-state index contributed by atoms with van der Waals surface area (Å²) in [6.45, 7) is 4.90. The largest absolute Gasteiger partial charge is 0.340 e. The molecular weight excluding hydrogens is 159 g/mol. The lowest BCUT2D eigenvalue weighted by molar-refractivity contribution is -0.130. The van der Waals surface area contributed by atoms with Crippen molar-refractivity contribution in [3.63, 3.8) is 0 Å². The van der Waals surface area contributed by atoms with E-state index in [0.29, 0.717) is 6.54 Å². The van der Waals surface area contributed by atoms with Crippen molar-refractivity contribution in [2.24, 2.45) is 0 Å². The van der Waals surface area contributed by atoms with Crippen LogP contribution < -0.4 is 0 Å². The lowest BCUT2D eigenvalue weighted by atomic mass is 10.3. The lowest BCUT2D eigenvalue weighted by Gasteiger charge is -2.33. The van der Waals surface area contributed by atoms with Gasteiger partial charge in [-0.1, -0.05) is 0 Å². The number of amides is 1. The highest BCUT2D eigenvalue weighted by Gasteiger charge is 2.17. The second kappa shape index (κ2) is 4.40. The number of hydrogen-bond acceptors (Lipinski definition) is 2. The number of nitrogens with zero attached hydrogens (tertiary/aromatic N) is 2. The molecule has 0 bridgehead atoms. The highest BCUT2D eigenvalue weighted by molar-refractivity contribution is 5.73. The van der Waals surface area contributed by atoms with Crippen molar-refractivity contribution in [1.82, 2.24) is 9.80 Å². The number of rotatable bonds is 2. The molecule has 0 aliphatic carbocycles. The molecular formula is C8H15FN2O. The van der Waals surface area contributed by atoms with Crippen LogP contribution in [0.1, 0.15) is 6.92 Å². The van der Waals surface area contributed by atoms with E-state index in [1.807, 2.05) is 4.90 Å². The summed E-state index contributed by atoms with van der Waals surface area (Å²) in [4.78, 5) is 14.7. The van der Waals surface area contributed by atoms with Crippen LogP contribution >= 0.6 is 0 Å². The average Bonchev–Trinajstić information content (AvgIpc) is 2.06. The summed E-state index contributed by atoms with van der Waals surface area (Å²) in [6.07, 6.45) is 0. The SMILES string of the molecule is CC(=O)N1CCN(CCF)CC1. The molecule has 1 saturated heterocycles. The number of hydrogen-bond donors (Lipinski definition) is 0. The first-order valence-electron chi connectivity index (χ1n) is 4.28. The molecule has 0 saturated carbocycles. The Hall–Kier alpha value is -0.640. The highest BCUT2D eigenvalue weighted by Crippen LogP contribution is 2.01. The van der Waals surface area contributed by atoms with Crippen LogP contribution in [0.4, 0.5) is 4.39 Å². The summed E-state index contributed by atoms with van der Waals surface area (Å²) in [5, 5.41) is 0. The Kier molecular flexibility index (Phi) is 3.47. The van der Waals surface area contributed by atoms with Crippen LogP contribution in [0, 0.1) is 0 Å². The highest BCUT2D eigenvalue weighted by atomic mass is 19.1. The molecule has 1 amide bonds. The maximum Gasteiger partial charge on any atom is 0.219 e. The maximum absolute atomic E-state index is 11.9. The van der Waals surface area contributed by atoms with Gasteiger partial charge in [-0.25, -0.2) is 4.39 Å². The molecule has 0 atom stereocenters. The molecule has 70 valence electrons. The average molecular weight is 174 g/mol. The zero-order valence-electron chi connectivity index (χ0n) is 7.42. The summed E-state index contributed by atoms with van der Waals surface area (Å²) in [5.74, 6) is 0.120. The molecule has 0 radical (unpaired) electrons. The van der Waals surface area contributed by atoms with Gasteiger partial charge in [0, 0.05) is 39.6 Å². The number of halogens is 1. The summed E-state index contributed by atoms with van der Waals surface area (Å²) < 4.78 is 11.9. The number of carbonyl (C=O) groups excluding carboxylic acids is 1. The predicted molar refractivity (Wildman–Crippen MR) is 44.7 cm³/mol. The van der Waals surface area contributed by atoms with Gasteiger partial charge in [0.1, 0.15) is 6.67 Å². The van der Waals surface area contributed by atoms with Crippen LogP contribution in [0.15, 0.2) is 0 Å². The zero-order chi connectivity index (χ0) is 8.97. The van der Waals surface area contributed by atoms with Gasteiger partial charge in [-0.15, -0.1) is 0 Å². The molecule has 0 aromatic carbocycles. The quantitative estimate of drug-likeness (QED) is 0.593. The van der Waals surface area contributed by atoms with Crippen molar-refractivity contribution < 1.29 is 9.18 Å². The van der Waals surface area contributed by atoms with E-state index in [9.17, 15) is 9.18 Å². The molecule has 0 N–H and O–H groups in total. The Morgan fingerprint density at radius 2 is 1.92 bits per heavy atom. The molecule has 1 fully saturated rings. The number of carbonyl (C=O) groups is 1. The van der Waals surface area contributed by atoms with Gasteiger partial charge in [-0.05, 0) is 0 Å². The number of alkyl halides is 1. The van der Waals surface area contributed by atoms with Crippen LogP contribution in [0.25, 0.3) is 0 Å². The van der Waals surface area contributed by atoms with E-state index in [2.05, 4.69) is 0 Å². The van der Waals surface area contributed by atoms with Crippen LogP contribution in [0.3, 0.4) is 0 Å². The van der Waals surface area contributed by atoms with E-state index >= 15 is 0 Å². The zero-order valence-corrected chi connectivity index (χ0v) is 7.42. The molecule has 4 heteroatoms. The third kappa shape index (κ3) is 2.44. The standard InChI is InChI=1S/C8H15FN2O/c1-8(12)11-6-4-10(3-2-9)5-7-11/h2-7H2,1H3. The first-order valence-corrected chi connectivity index (χ1v) is 4.28. The van der Waals surface area contributed by atoms with E-state index in [-0.39, 0.29) is 12.6 Å². The van der Waals surface area contributed by atoms with Gasteiger partial charge in [-0.2, -0.15) is 0 Å². The fraction of sp³-hybridized carbons (Fsp3) is 0.875. The topological polar surface area (TPSA) is 23.6 Å². The van der Waals surface area contributed by atoms with Crippen molar-refractivity contribution in [2.75, 3.05) is 39.4 Å². The number of piperazine rings is 1. The Morgan fingerprint density at radius 3 is 2.33 bits per heavy atom. The predicted octanol–water partition coefficient (Wildman–Crippen LogP) is 0.120. The van der Waals surface area contributed by atoms with Gasteiger partial charge in [0.2, 0.25) is 5.91 Å². The van der Waals surface area contributed by atoms with E-state index in [1.54, 1.807) is 11.8 Å². The van der Waals surface area contributed by atoms with Crippen molar-refractivity contribution in [1.29, 1.82) is 0 Å². The van der Waals surface area contributed by atoms with Crippen molar-refractivity contribution in [2.45, 2.75) is 6.92 Å². The molecule has 0 aromatic heterocycles. The van der Waals surface area contributed by atoms with E-state index in [0.717, 1.165) is 26.2 Å². The Morgan fingerprint density at radius 1 is 1.33 bits per heavy atom. The van der Waals surface area contributed by atoms with Crippen LogP contribution in [0.2, 0.25) is 0 Å². The van der Waals surface area contributed by atoms with Gasteiger partial charge in [0.25, 0.3) is 0 Å². The van der Waals surface area contributed by atoms with E-state index in [4.69, 9.17) is 0 Å². The molecule has 0 unspecified atom stereocenters. The third-order valence-corrected chi connectivity index (χ3v) is 2.22. The van der Waals surface area contributed by atoms with Gasteiger partial charge < -0.3 is 4.90 Å². The Labute approximate surface area is 72.1 Å². The first kappa shape index (κ1) is 9.45. The lowest BCUT2D eigenvalue weighted by Crippen LogP contribution is -2.48. The van der Waals surface area contributed by atoms with E-state index in [1.165, 1.54) is 0 Å². The molecule has 1 aliphatic heterocycles. The molecule has 0 spiro atoms. The molecule has 1 rings (SSSR count). The van der Waals surface area contributed by atoms with Gasteiger partial charge in [0.05, 0.1) is 0 Å². The van der Waals surface area contributed by atoms with Crippen LogP contribution in [0.5, 0.6) is 0 Å². The monoisotopic (exact) mass is 174 g/mol. The van der Waals surface area contributed by atoms with Crippen LogP contribution in [-0.4, -0.2) is 55.1 Å². The third-order valence-electron chi connectivity index (χ3n) is 2.22. The Bertz CT molecular complexity index is 155. The fourth-order valence-electron chi connectivity index (χ4n) is 1.41. The molecule has 12 heavy (non-hydrogen) atoms. The van der Waals surface area contributed by atoms with Crippen molar-refractivity contribution in [3.8, 4) is 0 Å². The molecule has 0 aromatic rings. The van der Waals surface area contributed by atoms with Gasteiger partial charge in [-0.3, -0.25) is 9.69 Å². The smallest absolute Gasteiger partial charge is 0.219 e. The summed E-state index contributed by atoms with van der Waals surface area (Å²) >= 11 is 0. The second-order valence-electron chi connectivity index (χ2n) is 3.04. The second-order valence-corrected chi connectivity index (χ2v) is 3.04. The van der Waals surface area contributed by atoms with Crippen molar-refractivity contribution in [3.05, 3.63) is 0 Å². The van der Waals surface area contributed by atoms with Crippen molar-refractivity contribution >= 4 is 5.91 Å². The minimum Gasteiger partial charge on any atom is -0.340 e. The van der Waals surface area contributed by atoms with Crippen LogP contribution in [-0.2, 0) is 4.79 Å². The normalized spacial score (nSPS) is 19.7. The van der Waals surface area contributed by atoms with Gasteiger partial charge in [0.15, 0.2) is 0 Å². The minimum absolute atomic E-state index is 0.120. The van der Waals surface area contributed by atoms with Gasteiger partial charge >= 0.3 is 0 Å². The molecule has 1 heterocycles. The summed E-state index contributed by atoms with van der Waals surface area (Å²) in [7, 11) is 0. The van der Waals surface area contributed by atoms with E-state index < -0.39 is 0 Å². The summed E-state index contributed by atoms with van der Waals surface area (Å²) in [5.41, 5.74) is 0. The summed E-state index contributed by atoms with van der Waals surface area (Å²) in [6, 6.07) is 0. The fourth-order valence-corrected chi connectivity index (χ4v) is 1.41. The maximum atomic E-state index is 11.9. The Balaban J connectivity index is 2.25. The molecule has 3 nitrogen and oxygen atoms in total. The molecule has 1 aliphatic rings.